The van der Waals surface area contributed by atoms with Crippen LogP contribution in [0.1, 0.15) is 16.7 Å². The normalized spacial score (nSPS) is 11.6. The summed E-state index contributed by atoms with van der Waals surface area (Å²) in [6.07, 6.45) is 1.78. The first-order valence-electron chi connectivity index (χ1n) is 8.65. The van der Waals surface area contributed by atoms with Gasteiger partial charge < -0.3 is 9.73 Å². The number of sulfonamides is 1. The Morgan fingerprint density at radius 1 is 1.04 bits per heavy atom. The van der Waals surface area contributed by atoms with Gasteiger partial charge >= 0.3 is 0 Å². The molecule has 0 unspecified atom stereocenters. The molecule has 1 amide bonds. The van der Waals surface area contributed by atoms with Crippen LogP contribution in [0.4, 0.5) is 0 Å². The third-order valence-corrected chi connectivity index (χ3v) is 5.89. The first-order chi connectivity index (χ1) is 12.9. The van der Waals surface area contributed by atoms with Crippen LogP contribution < -0.4 is 10.0 Å². The average Bonchev–Trinajstić information content (AvgIpc) is 3.01. The van der Waals surface area contributed by atoms with Crippen molar-refractivity contribution < 1.29 is 17.6 Å². The van der Waals surface area contributed by atoms with E-state index in [1.165, 1.54) is 12.1 Å². The topological polar surface area (TPSA) is 88.4 Å². The van der Waals surface area contributed by atoms with Gasteiger partial charge in [0.1, 0.15) is 5.58 Å². The van der Waals surface area contributed by atoms with Crippen molar-refractivity contribution in [3.63, 3.8) is 0 Å². The SMILES string of the molecule is Cc1cc2occ(CC(=O)NCCNS(=O)(=O)c3ccccc3)c2cc1C. The van der Waals surface area contributed by atoms with Crippen molar-refractivity contribution in [1.82, 2.24) is 10.0 Å². The molecule has 7 heteroatoms. The van der Waals surface area contributed by atoms with Crippen molar-refractivity contribution in [1.29, 1.82) is 0 Å². The molecule has 27 heavy (non-hydrogen) atoms. The molecule has 2 N–H and O–H groups in total. The van der Waals surface area contributed by atoms with Gasteiger partial charge in [-0.3, -0.25) is 4.79 Å². The quantitative estimate of drug-likeness (QED) is 0.611. The lowest BCUT2D eigenvalue weighted by Crippen LogP contribution is -2.35. The van der Waals surface area contributed by atoms with E-state index in [-0.39, 0.29) is 30.3 Å². The number of rotatable bonds is 7. The van der Waals surface area contributed by atoms with Crippen LogP contribution in [0, 0.1) is 13.8 Å². The molecule has 0 aliphatic carbocycles. The first-order valence-corrected chi connectivity index (χ1v) is 10.1. The minimum Gasteiger partial charge on any atom is -0.464 e. The third-order valence-electron chi connectivity index (χ3n) is 4.41. The highest BCUT2D eigenvalue weighted by atomic mass is 32.2. The number of benzene rings is 2. The van der Waals surface area contributed by atoms with Gasteiger partial charge in [0.2, 0.25) is 15.9 Å². The average molecular weight is 386 g/mol. The van der Waals surface area contributed by atoms with Gasteiger partial charge in [-0.05, 0) is 49.2 Å². The second kappa shape index (κ2) is 7.94. The molecule has 142 valence electrons. The number of carbonyl (C=O) groups is 1. The molecule has 0 saturated carbocycles. The molecule has 3 aromatic rings. The van der Waals surface area contributed by atoms with Crippen molar-refractivity contribution in [3.05, 3.63) is 65.4 Å². The summed E-state index contributed by atoms with van der Waals surface area (Å²) in [5, 5.41) is 3.66. The fraction of sp³-hybridized carbons (Fsp3) is 0.250. The highest BCUT2D eigenvalue weighted by molar-refractivity contribution is 7.89. The number of furan rings is 1. The Kier molecular flexibility index (Phi) is 5.62. The largest absolute Gasteiger partial charge is 0.464 e. The minimum atomic E-state index is -3.56. The van der Waals surface area contributed by atoms with Crippen molar-refractivity contribution in [3.8, 4) is 0 Å². The molecule has 0 spiro atoms. The maximum absolute atomic E-state index is 12.2. The summed E-state index contributed by atoms with van der Waals surface area (Å²) in [6.45, 7) is 4.36. The molecule has 3 rings (SSSR count). The highest BCUT2D eigenvalue weighted by Crippen LogP contribution is 2.25. The molecular weight excluding hydrogens is 364 g/mol. The second-order valence-electron chi connectivity index (χ2n) is 6.43. The van der Waals surface area contributed by atoms with E-state index in [4.69, 9.17) is 4.42 Å². The van der Waals surface area contributed by atoms with Gasteiger partial charge in [0.25, 0.3) is 0 Å². The van der Waals surface area contributed by atoms with Crippen molar-refractivity contribution in [2.75, 3.05) is 13.1 Å². The molecule has 0 aliphatic rings. The number of hydrogen-bond acceptors (Lipinski definition) is 4. The molecule has 0 saturated heterocycles. The summed E-state index contributed by atoms with van der Waals surface area (Å²) in [4.78, 5) is 12.4. The summed E-state index contributed by atoms with van der Waals surface area (Å²) in [5.41, 5.74) is 3.85. The lowest BCUT2D eigenvalue weighted by molar-refractivity contribution is -0.120. The molecule has 0 aliphatic heterocycles. The number of amides is 1. The van der Waals surface area contributed by atoms with Crippen LogP contribution >= 0.6 is 0 Å². The molecule has 6 nitrogen and oxygen atoms in total. The van der Waals surface area contributed by atoms with E-state index in [0.717, 1.165) is 27.7 Å². The fourth-order valence-corrected chi connectivity index (χ4v) is 3.83. The van der Waals surface area contributed by atoms with Gasteiger partial charge in [0, 0.05) is 24.0 Å². The van der Waals surface area contributed by atoms with Crippen molar-refractivity contribution in [2.24, 2.45) is 0 Å². The molecule has 0 fully saturated rings. The third kappa shape index (κ3) is 4.56. The summed E-state index contributed by atoms with van der Waals surface area (Å²) >= 11 is 0. The summed E-state index contributed by atoms with van der Waals surface area (Å²) in [5.74, 6) is -0.185. The Morgan fingerprint density at radius 2 is 1.74 bits per heavy atom. The predicted octanol–water partition coefficient (Wildman–Crippen LogP) is 2.69. The van der Waals surface area contributed by atoms with Crippen LogP contribution in [0.25, 0.3) is 11.0 Å². The Hall–Kier alpha value is -2.64. The van der Waals surface area contributed by atoms with Gasteiger partial charge in [-0.15, -0.1) is 0 Å². The van der Waals surface area contributed by atoms with Gasteiger partial charge in [0.15, 0.2) is 0 Å². The zero-order valence-corrected chi connectivity index (χ0v) is 16.1. The van der Waals surface area contributed by atoms with Gasteiger partial charge in [0.05, 0.1) is 17.6 Å². The van der Waals surface area contributed by atoms with Crippen LogP contribution in [0.3, 0.4) is 0 Å². The molecule has 1 aromatic heterocycles. The van der Waals surface area contributed by atoms with Crippen molar-refractivity contribution >= 4 is 26.9 Å². The molecule has 0 radical (unpaired) electrons. The lowest BCUT2D eigenvalue weighted by Gasteiger charge is -2.08. The van der Waals surface area contributed by atoms with Crippen LogP contribution in [0.15, 0.2) is 58.0 Å². The van der Waals surface area contributed by atoms with Crippen molar-refractivity contribution in [2.45, 2.75) is 25.2 Å². The second-order valence-corrected chi connectivity index (χ2v) is 8.20. The van der Waals surface area contributed by atoms with Gasteiger partial charge in [-0.25, -0.2) is 13.1 Å². The Bertz CT molecular complexity index is 1060. The first kappa shape index (κ1) is 19.1. The van der Waals surface area contributed by atoms with Gasteiger partial charge in [-0.2, -0.15) is 0 Å². The Morgan fingerprint density at radius 3 is 2.48 bits per heavy atom. The molecule has 2 aromatic carbocycles. The highest BCUT2D eigenvalue weighted by Gasteiger charge is 2.14. The Labute approximate surface area is 158 Å². The zero-order chi connectivity index (χ0) is 19.4. The van der Waals surface area contributed by atoms with E-state index in [9.17, 15) is 13.2 Å². The van der Waals surface area contributed by atoms with E-state index in [1.807, 2.05) is 26.0 Å². The van der Waals surface area contributed by atoms with Crippen LogP contribution in [0.5, 0.6) is 0 Å². The number of nitrogens with one attached hydrogen (secondary N) is 2. The van der Waals surface area contributed by atoms with Crippen LogP contribution in [-0.2, 0) is 21.2 Å². The zero-order valence-electron chi connectivity index (χ0n) is 15.3. The predicted molar refractivity (Wildman–Crippen MR) is 104 cm³/mol. The van der Waals surface area contributed by atoms with Gasteiger partial charge in [-0.1, -0.05) is 18.2 Å². The minimum absolute atomic E-state index is 0.118. The smallest absolute Gasteiger partial charge is 0.240 e. The lowest BCUT2D eigenvalue weighted by atomic mass is 10.0. The molecule has 0 bridgehead atoms. The van der Waals surface area contributed by atoms with E-state index in [1.54, 1.807) is 24.5 Å². The standard InChI is InChI=1S/C20H22N2O4S/c1-14-10-18-16(13-26-19(18)11-15(14)2)12-20(23)21-8-9-22-27(24,25)17-6-4-3-5-7-17/h3-7,10-11,13,22H,8-9,12H2,1-2H3,(H,21,23). The summed E-state index contributed by atoms with van der Waals surface area (Å²) < 4.78 is 32.2. The molecule has 0 atom stereocenters. The van der Waals surface area contributed by atoms with Crippen LogP contribution in [-0.4, -0.2) is 27.4 Å². The van der Waals surface area contributed by atoms with Crippen LogP contribution in [0.2, 0.25) is 0 Å². The summed E-state index contributed by atoms with van der Waals surface area (Å²) in [6, 6.07) is 12.1. The molecule has 1 heterocycles. The maximum Gasteiger partial charge on any atom is 0.240 e. The Balaban J connectivity index is 1.53. The van der Waals surface area contributed by atoms with E-state index in [2.05, 4.69) is 10.0 Å². The maximum atomic E-state index is 12.2. The van der Waals surface area contributed by atoms with E-state index >= 15 is 0 Å². The molecular formula is C20H22N2O4S. The fourth-order valence-electron chi connectivity index (χ4n) is 2.78. The monoisotopic (exact) mass is 386 g/mol. The van der Waals surface area contributed by atoms with E-state index in [0.29, 0.717) is 0 Å². The number of fused-ring (bicyclic) bond motifs is 1. The number of carbonyl (C=O) groups excluding carboxylic acids is 1. The summed E-state index contributed by atoms with van der Waals surface area (Å²) in [7, 11) is -3.56. The number of hydrogen-bond donors (Lipinski definition) is 2. The number of aryl methyl sites for hydroxylation is 2. The van der Waals surface area contributed by atoms with E-state index < -0.39 is 10.0 Å².